The Morgan fingerprint density at radius 1 is 0.458 bits per heavy atom. The van der Waals surface area contributed by atoms with E-state index in [2.05, 4.69) is 152 Å². The van der Waals surface area contributed by atoms with Crippen LogP contribution in [0.1, 0.15) is 22.6 Å². The van der Waals surface area contributed by atoms with Gasteiger partial charge in [0.25, 0.3) is 0 Å². The molecule has 1 aliphatic rings. The number of para-hydroxylation sites is 1. The molecule has 0 saturated heterocycles. The standard InChI is InChI=1S/C53H31N3OS2/c1-2-12-30(13-3-1)51-54-52(56-53(55-51)41-21-11-19-38-34-15-6-8-22-45(34)58-49(38)41)40-20-10-18-37-43-28-31(25-27-44(43)57-48(37)40)42-29-32-24-26-39-35-16-7-9-23-46(35)59-50(39)47(32)36-17-5-4-14-33(36)42/h1-28,42H,29H2. The number of aromatic nitrogens is 3. The minimum Gasteiger partial charge on any atom is -0.455 e. The maximum absolute atomic E-state index is 6.79. The maximum Gasteiger partial charge on any atom is 0.167 e. The molecule has 8 aromatic carbocycles. The Morgan fingerprint density at radius 2 is 1.08 bits per heavy atom. The molecule has 0 fully saturated rings. The van der Waals surface area contributed by atoms with E-state index in [1.54, 1.807) is 11.3 Å². The van der Waals surface area contributed by atoms with Gasteiger partial charge in [0.15, 0.2) is 17.5 Å². The first-order chi connectivity index (χ1) is 29.2. The van der Waals surface area contributed by atoms with E-state index in [4.69, 9.17) is 19.4 Å². The van der Waals surface area contributed by atoms with Crippen LogP contribution in [0.3, 0.4) is 0 Å². The molecular formula is C53H31N3OS2. The fourth-order valence-electron chi connectivity index (χ4n) is 9.42. The molecule has 0 N–H and O–H groups in total. The van der Waals surface area contributed by atoms with Crippen molar-refractivity contribution in [3.8, 4) is 45.3 Å². The lowest BCUT2D eigenvalue weighted by molar-refractivity contribution is 0.669. The monoisotopic (exact) mass is 789 g/mol. The van der Waals surface area contributed by atoms with E-state index in [1.807, 2.05) is 29.5 Å². The van der Waals surface area contributed by atoms with Crippen molar-refractivity contribution in [2.24, 2.45) is 0 Å². The highest BCUT2D eigenvalue weighted by atomic mass is 32.1. The normalized spacial score (nSPS) is 13.9. The smallest absolute Gasteiger partial charge is 0.167 e. The molecule has 13 rings (SSSR count). The number of rotatable bonds is 4. The Morgan fingerprint density at radius 3 is 1.92 bits per heavy atom. The van der Waals surface area contributed by atoms with E-state index >= 15 is 0 Å². The van der Waals surface area contributed by atoms with Crippen LogP contribution in [0.2, 0.25) is 0 Å². The van der Waals surface area contributed by atoms with Gasteiger partial charge in [0.05, 0.1) is 5.56 Å². The van der Waals surface area contributed by atoms with Gasteiger partial charge in [-0.3, -0.25) is 0 Å². The highest BCUT2D eigenvalue weighted by Gasteiger charge is 2.29. The number of benzene rings is 8. The summed E-state index contributed by atoms with van der Waals surface area (Å²) in [7, 11) is 0. The lowest BCUT2D eigenvalue weighted by Crippen LogP contribution is -2.12. The molecule has 0 amide bonds. The van der Waals surface area contributed by atoms with E-state index in [0.717, 1.165) is 45.0 Å². The zero-order valence-electron chi connectivity index (χ0n) is 31.5. The average Bonchev–Trinajstić information content (AvgIpc) is 4.00. The first-order valence-electron chi connectivity index (χ1n) is 19.9. The number of thiophene rings is 2. The minimum absolute atomic E-state index is 0.208. The molecular weight excluding hydrogens is 759 g/mol. The molecule has 59 heavy (non-hydrogen) atoms. The first-order valence-corrected chi connectivity index (χ1v) is 21.6. The van der Waals surface area contributed by atoms with E-state index in [9.17, 15) is 0 Å². The van der Waals surface area contributed by atoms with Crippen LogP contribution in [-0.4, -0.2) is 15.0 Å². The third-order valence-corrected chi connectivity index (χ3v) is 14.6. The lowest BCUT2D eigenvalue weighted by atomic mass is 9.75. The van der Waals surface area contributed by atoms with Crippen LogP contribution in [-0.2, 0) is 6.42 Å². The molecule has 0 radical (unpaired) electrons. The van der Waals surface area contributed by atoms with Gasteiger partial charge in [-0.15, -0.1) is 22.7 Å². The molecule has 6 heteroatoms. The SMILES string of the molecule is c1ccc(-c2nc(-c3cccc4c3oc3ccc(C5Cc6ccc7c(sc8ccccc87)c6-c6ccccc65)cc34)nc(-c3cccc4c3sc3ccccc34)n2)cc1. The van der Waals surface area contributed by atoms with Crippen LogP contribution >= 0.6 is 22.7 Å². The van der Waals surface area contributed by atoms with Crippen molar-refractivity contribution in [1.29, 1.82) is 0 Å². The summed E-state index contributed by atoms with van der Waals surface area (Å²) in [6.45, 7) is 0. The fraction of sp³-hybridized carbons (Fsp3) is 0.0377. The van der Waals surface area contributed by atoms with Crippen LogP contribution in [0.15, 0.2) is 174 Å². The van der Waals surface area contributed by atoms with E-state index in [-0.39, 0.29) is 5.92 Å². The number of fused-ring (bicyclic) bond motifs is 13. The Bertz CT molecular complexity index is 3670. The summed E-state index contributed by atoms with van der Waals surface area (Å²) in [4.78, 5) is 15.5. The Kier molecular flexibility index (Phi) is 7.14. The summed E-state index contributed by atoms with van der Waals surface area (Å²) in [5.41, 5.74) is 11.2. The molecule has 4 aromatic heterocycles. The van der Waals surface area contributed by atoms with Crippen molar-refractivity contribution < 1.29 is 4.42 Å². The van der Waals surface area contributed by atoms with Crippen LogP contribution in [0.25, 0.3) is 108 Å². The highest BCUT2D eigenvalue weighted by Crippen LogP contribution is 2.50. The third kappa shape index (κ3) is 5.03. The van der Waals surface area contributed by atoms with Gasteiger partial charge in [0.2, 0.25) is 0 Å². The van der Waals surface area contributed by atoms with Gasteiger partial charge in [0.1, 0.15) is 11.2 Å². The van der Waals surface area contributed by atoms with Crippen LogP contribution in [0, 0.1) is 0 Å². The molecule has 1 aliphatic carbocycles. The Labute approximate surface area is 346 Å². The summed E-state index contributed by atoms with van der Waals surface area (Å²) in [5, 5.41) is 7.27. The first kappa shape index (κ1) is 33.0. The average molecular weight is 790 g/mol. The second-order valence-electron chi connectivity index (χ2n) is 15.4. The molecule has 4 heterocycles. The topological polar surface area (TPSA) is 51.8 Å². The van der Waals surface area contributed by atoms with Crippen molar-refractivity contribution in [1.82, 2.24) is 15.0 Å². The van der Waals surface area contributed by atoms with Gasteiger partial charge in [-0.25, -0.2) is 15.0 Å². The molecule has 0 bridgehead atoms. The minimum atomic E-state index is 0.208. The van der Waals surface area contributed by atoms with Gasteiger partial charge in [-0.05, 0) is 65.1 Å². The molecule has 1 unspecified atom stereocenters. The molecule has 276 valence electrons. The number of hydrogen-bond acceptors (Lipinski definition) is 6. The summed E-state index contributed by atoms with van der Waals surface area (Å²) in [6.07, 6.45) is 0.936. The summed E-state index contributed by atoms with van der Waals surface area (Å²) in [6, 6.07) is 60.8. The van der Waals surface area contributed by atoms with Crippen molar-refractivity contribution in [2.45, 2.75) is 12.3 Å². The number of nitrogens with zero attached hydrogens (tertiary/aromatic N) is 3. The lowest BCUT2D eigenvalue weighted by Gasteiger charge is -2.29. The number of hydrogen-bond donors (Lipinski definition) is 0. The van der Waals surface area contributed by atoms with Crippen LogP contribution in [0.5, 0.6) is 0 Å². The van der Waals surface area contributed by atoms with E-state index in [0.29, 0.717) is 17.5 Å². The van der Waals surface area contributed by atoms with Crippen LogP contribution in [0.4, 0.5) is 0 Å². The van der Waals surface area contributed by atoms with Crippen molar-refractivity contribution in [3.63, 3.8) is 0 Å². The van der Waals surface area contributed by atoms with E-state index in [1.165, 1.54) is 68.2 Å². The summed E-state index contributed by atoms with van der Waals surface area (Å²) < 4.78 is 11.9. The second-order valence-corrected chi connectivity index (χ2v) is 17.5. The predicted molar refractivity (Wildman–Crippen MR) is 247 cm³/mol. The Hall–Kier alpha value is -6.99. The highest BCUT2D eigenvalue weighted by molar-refractivity contribution is 7.26. The molecule has 0 aliphatic heterocycles. The van der Waals surface area contributed by atoms with Crippen LogP contribution < -0.4 is 0 Å². The molecule has 1 atom stereocenters. The molecule has 0 saturated carbocycles. The molecule has 0 spiro atoms. The summed E-state index contributed by atoms with van der Waals surface area (Å²) >= 11 is 3.69. The van der Waals surface area contributed by atoms with Crippen molar-refractivity contribution in [2.75, 3.05) is 0 Å². The number of furan rings is 1. The van der Waals surface area contributed by atoms with Crippen molar-refractivity contribution in [3.05, 3.63) is 187 Å². The van der Waals surface area contributed by atoms with Gasteiger partial charge < -0.3 is 4.42 Å². The Balaban J connectivity index is 0.961. The van der Waals surface area contributed by atoms with Gasteiger partial charge in [-0.1, -0.05) is 133 Å². The van der Waals surface area contributed by atoms with Gasteiger partial charge >= 0.3 is 0 Å². The zero-order valence-corrected chi connectivity index (χ0v) is 33.1. The molecule has 4 nitrogen and oxygen atoms in total. The van der Waals surface area contributed by atoms with Gasteiger partial charge in [0, 0.05) is 73.7 Å². The second kappa shape index (κ2) is 12.8. The maximum atomic E-state index is 6.79. The quantitative estimate of drug-likeness (QED) is 0.178. The molecule has 12 aromatic rings. The van der Waals surface area contributed by atoms with E-state index < -0.39 is 0 Å². The van der Waals surface area contributed by atoms with Crippen molar-refractivity contribution >= 4 is 85.0 Å². The fourth-order valence-corrected chi connectivity index (χ4v) is 11.9. The summed E-state index contributed by atoms with van der Waals surface area (Å²) in [5.74, 6) is 2.07. The van der Waals surface area contributed by atoms with Gasteiger partial charge in [-0.2, -0.15) is 0 Å². The predicted octanol–water partition coefficient (Wildman–Crippen LogP) is 14.9. The zero-order chi connectivity index (χ0) is 38.6. The largest absolute Gasteiger partial charge is 0.455 e. The third-order valence-electron chi connectivity index (χ3n) is 12.1.